The maximum Gasteiger partial charge on any atom is 0.275 e. The van der Waals surface area contributed by atoms with E-state index in [9.17, 15) is 4.79 Å². The van der Waals surface area contributed by atoms with E-state index in [1.807, 2.05) is 20.8 Å². The van der Waals surface area contributed by atoms with Crippen molar-refractivity contribution in [3.8, 4) is 0 Å². The van der Waals surface area contributed by atoms with Crippen molar-refractivity contribution in [2.45, 2.75) is 27.7 Å². The van der Waals surface area contributed by atoms with E-state index in [-0.39, 0.29) is 5.56 Å². The zero-order chi connectivity index (χ0) is 10.5. The Labute approximate surface area is 81.6 Å². The monoisotopic (exact) mass is 191 g/mol. The lowest BCUT2D eigenvalue weighted by Gasteiger charge is -1.97. The molecule has 74 valence electrons. The molecule has 2 aromatic rings. The normalized spacial score (nSPS) is 11.1. The average molecular weight is 191 g/mol. The summed E-state index contributed by atoms with van der Waals surface area (Å²) in [5.74, 6) is 0.639. The van der Waals surface area contributed by atoms with Gasteiger partial charge in [-0.3, -0.25) is 4.79 Å². The van der Waals surface area contributed by atoms with Gasteiger partial charge in [-0.05, 0) is 38.8 Å². The molecule has 0 saturated carbocycles. The second-order valence-electron chi connectivity index (χ2n) is 3.64. The molecule has 0 bridgehead atoms. The molecule has 0 aromatic carbocycles. The second kappa shape index (κ2) is 2.70. The summed E-state index contributed by atoms with van der Waals surface area (Å²) in [6, 6.07) is 0. The first kappa shape index (κ1) is 8.99. The van der Waals surface area contributed by atoms with Crippen molar-refractivity contribution in [2.24, 2.45) is 0 Å². The van der Waals surface area contributed by atoms with Crippen molar-refractivity contribution in [1.82, 2.24) is 14.6 Å². The van der Waals surface area contributed by atoms with Crippen molar-refractivity contribution >= 4 is 5.52 Å². The molecule has 0 aliphatic carbocycles. The predicted octanol–water partition coefficient (Wildman–Crippen LogP) is 1.26. The van der Waals surface area contributed by atoms with Gasteiger partial charge in [0.1, 0.15) is 11.3 Å². The Morgan fingerprint density at radius 1 is 1.14 bits per heavy atom. The number of aromatic amines is 1. The van der Waals surface area contributed by atoms with Crippen LogP contribution in [-0.4, -0.2) is 14.6 Å². The summed E-state index contributed by atoms with van der Waals surface area (Å²) in [6.07, 6.45) is 0. The first-order valence-electron chi connectivity index (χ1n) is 4.57. The number of fused-ring (bicyclic) bond motifs is 1. The van der Waals surface area contributed by atoms with Gasteiger partial charge < -0.3 is 4.98 Å². The molecule has 0 atom stereocenters. The number of nitrogens with one attached hydrogen (secondary N) is 1. The van der Waals surface area contributed by atoms with Crippen LogP contribution in [0.15, 0.2) is 4.79 Å². The fourth-order valence-electron chi connectivity index (χ4n) is 1.72. The molecule has 0 fully saturated rings. The van der Waals surface area contributed by atoms with Crippen LogP contribution in [0.5, 0.6) is 0 Å². The minimum Gasteiger partial charge on any atom is -0.307 e. The number of aryl methyl sites for hydroxylation is 3. The third-order valence-electron chi connectivity index (χ3n) is 2.75. The van der Waals surface area contributed by atoms with Gasteiger partial charge in [0.2, 0.25) is 0 Å². The van der Waals surface area contributed by atoms with Crippen LogP contribution in [0.3, 0.4) is 0 Å². The smallest absolute Gasteiger partial charge is 0.275 e. The Balaban J connectivity index is 3.10. The summed E-state index contributed by atoms with van der Waals surface area (Å²) in [4.78, 5) is 14.4. The summed E-state index contributed by atoms with van der Waals surface area (Å²) in [5, 5.41) is 4.28. The lowest BCUT2D eigenvalue weighted by Crippen LogP contribution is -2.14. The molecule has 0 aliphatic rings. The Bertz CT molecular complexity index is 563. The first-order valence-corrected chi connectivity index (χ1v) is 4.57. The zero-order valence-corrected chi connectivity index (χ0v) is 8.80. The molecular weight excluding hydrogens is 178 g/mol. The molecule has 2 rings (SSSR count). The average Bonchev–Trinajstić information content (AvgIpc) is 2.31. The highest BCUT2D eigenvalue weighted by Gasteiger charge is 2.12. The van der Waals surface area contributed by atoms with Crippen LogP contribution in [0, 0.1) is 27.7 Å². The van der Waals surface area contributed by atoms with E-state index in [2.05, 4.69) is 10.1 Å². The number of nitrogens with zero attached hydrogens (tertiary/aromatic N) is 2. The van der Waals surface area contributed by atoms with E-state index >= 15 is 0 Å². The molecule has 14 heavy (non-hydrogen) atoms. The maximum atomic E-state index is 11.7. The lowest BCUT2D eigenvalue weighted by molar-refractivity contribution is 0.817. The summed E-state index contributed by atoms with van der Waals surface area (Å²) in [5.41, 5.74) is 3.77. The highest BCUT2D eigenvalue weighted by molar-refractivity contribution is 5.58. The molecule has 0 aliphatic heterocycles. The van der Waals surface area contributed by atoms with Crippen LogP contribution in [0.1, 0.15) is 22.6 Å². The van der Waals surface area contributed by atoms with Crippen molar-refractivity contribution in [2.75, 3.05) is 0 Å². The minimum atomic E-state index is -0.0637. The molecule has 0 spiro atoms. The molecule has 2 aromatic heterocycles. The SMILES string of the molecule is Cc1nn2c(C)c(C)c(C)c2c(=O)[nH]1. The number of aromatic nitrogens is 3. The van der Waals surface area contributed by atoms with Gasteiger partial charge in [-0.15, -0.1) is 0 Å². The van der Waals surface area contributed by atoms with Gasteiger partial charge >= 0.3 is 0 Å². The summed E-state index contributed by atoms with van der Waals surface area (Å²) < 4.78 is 1.72. The van der Waals surface area contributed by atoms with E-state index in [0.717, 1.165) is 16.8 Å². The molecule has 2 heterocycles. The molecular formula is C10H13N3O. The van der Waals surface area contributed by atoms with E-state index in [0.29, 0.717) is 11.3 Å². The highest BCUT2D eigenvalue weighted by Crippen LogP contribution is 2.17. The number of rotatable bonds is 0. The van der Waals surface area contributed by atoms with Crippen LogP contribution in [0.2, 0.25) is 0 Å². The van der Waals surface area contributed by atoms with Crippen molar-refractivity contribution in [3.05, 3.63) is 33.0 Å². The Hall–Kier alpha value is -1.58. The summed E-state index contributed by atoms with van der Waals surface area (Å²) >= 11 is 0. The van der Waals surface area contributed by atoms with Gasteiger partial charge in [-0.1, -0.05) is 0 Å². The van der Waals surface area contributed by atoms with E-state index in [1.165, 1.54) is 0 Å². The second-order valence-corrected chi connectivity index (χ2v) is 3.64. The highest BCUT2D eigenvalue weighted by atomic mass is 16.1. The van der Waals surface area contributed by atoms with Crippen molar-refractivity contribution < 1.29 is 0 Å². The van der Waals surface area contributed by atoms with Crippen LogP contribution in [-0.2, 0) is 0 Å². The van der Waals surface area contributed by atoms with Crippen LogP contribution < -0.4 is 5.56 Å². The fraction of sp³-hybridized carbons (Fsp3) is 0.400. The summed E-state index contributed by atoms with van der Waals surface area (Å²) in [6.45, 7) is 7.71. The molecule has 0 radical (unpaired) electrons. The largest absolute Gasteiger partial charge is 0.307 e. The number of H-pyrrole nitrogens is 1. The molecule has 0 saturated heterocycles. The van der Waals surface area contributed by atoms with E-state index in [1.54, 1.807) is 11.4 Å². The lowest BCUT2D eigenvalue weighted by atomic mass is 10.2. The number of hydrogen-bond donors (Lipinski definition) is 1. The standard InChI is InChI=1S/C10H13N3O/c1-5-6(2)9-10(14)11-8(4)12-13(9)7(5)3/h1-4H3,(H,11,12,14). The van der Waals surface area contributed by atoms with Gasteiger partial charge in [-0.2, -0.15) is 5.10 Å². The molecule has 4 nitrogen and oxygen atoms in total. The van der Waals surface area contributed by atoms with E-state index in [4.69, 9.17) is 0 Å². The third-order valence-corrected chi connectivity index (χ3v) is 2.75. The van der Waals surface area contributed by atoms with E-state index < -0.39 is 0 Å². The fourth-order valence-corrected chi connectivity index (χ4v) is 1.72. The topological polar surface area (TPSA) is 50.2 Å². The maximum absolute atomic E-state index is 11.7. The Morgan fingerprint density at radius 3 is 2.43 bits per heavy atom. The van der Waals surface area contributed by atoms with Crippen molar-refractivity contribution in [3.63, 3.8) is 0 Å². The Kier molecular flexibility index (Phi) is 1.74. The third kappa shape index (κ3) is 0.999. The van der Waals surface area contributed by atoms with Gasteiger partial charge in [0.05, 0.1) is 0 Å². The minimum absolute atomic E-state index is 0.0637. The molecule has 4 heteroatoms. The quantitative estimate of drug-likeness (QED) is 0.681. The van der Waals surface area contributed by atoms with Gasteiger partial charge in [0, 0.05) is 5.69 Å². The summed E-state index contributed by atoms with van der Waals surface area (Å²) in [7, 11) is 0. The van der Waals surface area contributed by atoms with Gasteiger partial charge in [0.25, 0.3) is 5.56 Å². The van der Waals surface area contributed by atoms with Crippen molar-refractivity contribution in [1.29, 1.82) is 0 Å². The predicted molar refractivity (Wildman–Crippen MR) is 54.8 cm³/mol. The molecule has 1 N–H and O–H groups in total. The van der Waals surface area contributed by atoms with Crippen LogP contribution >= 0.6 is 0 Å². The van der Waals surface area contributed by atoms with Crippen LogP contribution in [0.4, 0.5) is 0 Å². The van der Waals surface area contributed by atoms with Gasteiger partial charge in [0.15, 0.2) is 0 Å². The molecule has 0 amide bonds. The van der Waals surface area contributed by atoms with Gasteiger partial charge in [-0.25, -0.2) is 4.52 Å². The van der Waals surface area contributed by atoms with Crippen LogP contribution in [0.25, 0.3) is 5.52 Å². The number of hydrogen-bond acceptors (Lipinski definition) is 2. The molecule has 0 unspecified atom stereocenters. The first-order chi connectivity index (χ1) is 6.52. The zero-order valence-electron chi connectivity index (χ0n) is 8.80. The Morgan fingerprint density at radius 2 is 1.79 bits per heavy atom.